The number of hydrogen-bond donors (Lipinski definition) is 1. The third kappa shape index (κ3) is 2.70. The molecule has 1 N–H and O–H groups in total. The average molecular weight is 360 g/mol. The van der Waals surface area contributed by atoms with Crippen molar-refractivity contribution in [2.75, 3.05) is 11.1 Å². The maximum atomic E-state index is 12.0. The van der Waals surface area contributed by atoms with Crippen LogP contribution in [0.5, 0.6) is 0 Å². The number of anilines is 1. The number of rotatable bonds is 2. The van der Waals surface area contributed by atoms with Crippen LogP contribution in [0.25, 0.3) is 5.69 Å². The van der Waals surface area contributed by atoms with Crippen LogP contribution in [0.3, 0.4) is 0 Å². The molecule has 8 heteroatoms. The summed E-state index contributed by atoms with van der Waals surface area (Å²) in [5.41, 5.74) is 2.85. The second-order valence-corrected chi connectivity index (χ2v) is 7.04. The molecule has 3 heterocycles. The SMILES string of the molecule is Cn1cc(C2SCC(=O)Nc3ncn(-c4cccc(Cl)c4)c32)cn1. The first-order chi connectivity index (χ1) is 11.6. The van der Waals surface area contributed by atoms with Crippen molar-refractivity contribution in [2.24, 2.45) is 7.05 Å². The van der Waals surface area contributed by atoms with Gasteiger partial charge in [0.15, 0.2) is 5.82 Å². The van der Waals surface area contributed by atoms with Crippen LogP contribution in [0.2, 0.25) is 5.02 Å². The first kappa shape index (κ1) is 15.3. The summed E-state index contributed by atoms with van der Waals surface area (Å²) in [5.74, 6) is 0.897. The van der Waals surface area contributed by atoms with E-state index >= 15 is 0 Å². The van der Waals surface area contributed by atoms with Crippen LogP contribution in [0.1, 0.15) is 16.5 Å². The molecule has 0 saturated carbocycles. The van der Waals surface area contributed by atoms with Gasteiger partial charge in [0.2, 0.25) is 5.91 Å². The second-order valence-electron chi connectivity index (χ2n) is 5.51. The largest absolute Gasteiger partial charge is 0.308 e. The molecule has 4 rings (SSSR count). The molecule has 1 aromatic carbocycles. The van der Waals surface area contributed by atoms with E-state index in [0.717, 1.165) is 16.9 Å². The summed E-state index contributed by atoms with van der Waals surface area (Å²) in [6, 6.07) is 7.56. The number of imidazole rings is 1. The number of carbonyl (C=O) groups is 1. The summed E-state index contributed by atoms with van der Waals surface area (Å²) in [7, 11) is 1.88. The third-order valence-electron chi connectivity index (χ3n) is 3.81. The Morgan fingerprint density at radius 1 is 1.42 bits per heavy atom. The highest BCUT2D eigenvalue weighted by molar-refractivity contribution is 8.00. The summed E-state index contributed by atoms with van der Waals surface area (Å²) in [6.45, 7) is 0. The maximum absolute atomic E-state index is 12.0. The van der Waals surface area contributed by atoms with E-state index in [9.17, 15) is 4.79 Å². The minimum atomic E-state index is -0.0519. The van der Waals surface area contributed by atoms with Crippen LogP contribution in [-0.4, -0.2) is 31.0 Å². The molecule has 0 aliphatic carbocycles. The quantitative estimate of drug-likeness (QED) is 0.763. The maximum Gasteiger partial charge on any atom is 0.235 e. The number of fused-ring (bicyclic) bond motifs is 1. The van der Waals surface area contributed by atoms with Gasteiger partial charge in [0.25, 0.3) is 0 Å². The van der Waals surface area contributed by atoms with Crippen LogP contribution >= 0.6 is 23.4 Å². The highest BCUT2D eigenvalue weighted by Gasteiger charge is 2.29. The molecular formula is C16H14ClN5OS. The molecule has 0 radical (unpaired) electrons. The van der Waals surface area contributed by atoms with Crippen molar-refractivity contribution in [1.29, 1.82) is 0 Å². The van der Waals surface area contributed by atoms with Crippen molar-refractivity contribution in [3.63, 3.8) is 0 Å². The molecule has 6 nitrogen and oxygen atoms in total. The lowest BCUT2D eigenvalue weighted by molar-refractivity contribution is -0.113. The zero-order valence-corrected chi connectivity index (χ0v) is 14.4. The van der Waals surface area contributed by atoms with Gasteiger partial charge < -0.3 is 5.32 Å². The van der Waals surface area contributed by atoms with E-state index in [1.54, 1.807) is 22.8 Å². The van der Waals surface area contributed by atoms with Crippen molar-refractivity contribution >= 4 is 35.1 Å². The van der Waals surface area contributed by atoms with E-state index in [1.807, 2.05) is 48.3 Å². The number of halogens is 1. The van der Waals surface area contributed by atoms with Gasteiger partial charge in [0, 0.05) is 29.5 Å². The van der Waals surface area contributed by atoms with Gasteiger partial charge in [0.1, 0.15) is 6.33 Å². The average Bonchev–Trinajstić information content (AvgIpc) is 3.11. The highest BCUT2D eigenvalue weighted by Crippen LogP contribution is 2.41. The van der Waals surface area contributed by atoms with Crippen molar-refractivity contribution in [3.8, 4) is 5.69 Å². The zero-order valence-electron chi connectivity index (χ0n) is 12.8. The Kier molecular flexibility index (Phi) is 3.82. The van der Waals surface area contributed by atoms with E-state index < -0.39 is 0 Å². The third-order valence-corrected chi connectivity index (χ3v) is 5.30. The number of nitrogens with one attached hydrogen (secondary N) is 1. The van der Waals surface area contributed by atoms with E-state index in [0.29, 0.717) is 16.6 Å². The van der Waals surface area contributed by atoms with Crippen LogP contribution in [0.15, 0.2) is 43.0 Å². The number of thioether (sulfide) groups is 1. The van der Waals surface area contributed by atoms with Gasteiger partial charge in [0.05, 0.1) is 22.9 Å². The van der Waals surface area contributed by atoms with Gasteiger partial charge >= 0.3 is 0 Å². The number of carbonyl (C=O) groups excluding carboxylic acids is 1. The second kappa shape index (κ2) is 5.99. The van der Waals surface area contributed by atoms with Gasteiger partial charge in [-0.25, -0.2) is 4.98 Å². The van der Waals surface area contributed by atoms with Crippen LogP contribution in [0.4, 0.5) is 5.82 Å². The fourth-order valence-electron chi connectivity index (χ4n) is 2.77. The predicted molar refractivity (Wildman–Crippen MR) is 94.7 cm³/mol. The summed E-state index contributed by atoms with van der Waals surface area (Å²) in [6.07, 6.45) is 5.50. The molecule has 2 aromatic heterocycles. The molecule has 122 valence electrons. The predicted octanol–water partition coefficient (Wildman–Crippen LogP) is 3.03. The van der Waals surface area contributed by atoms with E-state index in [2.05, 4.69) is 15.4 Å². The molecule has 0 bridgehead atoms. The molecule has 1 unspecified atom stereocenters. The van der Waals surface area contributed by atoms with Crippen molar-refractivity contribution in [3.05, 3.63) is 59.3 Å². The monoisotopic (exact) mass is 359 g/mol. The van der Waals surface area contributed by atoms with Gasteiger partial charge in [-0.05, 0) is 18.2 Å². The number of amides is 1. The fourth-order valence-corrected chi connectivity index (χ4v) is 4.04. The number of benzene rings is 1. The Morgan fingerprint density at radius 2 is 2.29 bits per heavy atom. The van der Waals surface area contributed by atoms with E-state index in [1.165, 1.54) is 0 Å². The summed E-state index contributed by atoms with van der Waals surface area (Å²) in [5, 5.41) is 7.75. The Hall–Kier alpha value is -2.25. The molecule has 1 atom stereocenters. The van der Waals surface area contributed by atoms with E-state index in [4.69, 9.17) is 11.6 Å². The molecule has 0 saturated heterocycles. The van der Waals surface area contributed by atoms with Gasteiger partial charge in [-0.3, -0.25) is 14.0 Å². The molecule has 0 fully saturated rings. The molecule has 1 amide bonds. The smallest absolute Gasteiger partial charge is 0.235 e. The first-order valence-corrected chi connectivity index (χ1v) is 8.77. The normalized spacial score (nSPS) is 17.2. The van der Waals surface area contributed by atoms with Crippen LogP contribution in [0, 0.1) is 0 Å². The summed E-state index contributed by atoms with van der Waals surface area (Å²) >= 11 is 7.69. The highest BCUT2D eigenvalue weighted by atomic mass is 35.5. The first-order valence-electron chi connectivity index (χ1n) is 7.35. The molecule has 1 aliphatic rings. The Morgan fingerprint density at radius 3 is 3.04 bits per heavy atom. The number of aryl methyl sites for hydroxylation is 1. The Labute approximate surface area is 147 Å². The minimum absolute atomic E-state index is 0.0471. The van der Waals surface area contributed by atoms with Crippen LogP contribution in [-0.2, 0) is 11.8 Å². The Bertz CT molecular complexity index is 919. The summed E-state index contributed by atoms with van der Waals surface area (Å²) in [4.78, 5) is 16.4. The lowest BCUT2D eigenvalue weighted by Crippen LogP contribution is -2.12. The number of nitrogens with zero attached hydrogens (tertiary/aromatic N) is 4. The fraction of sp³-hybridized carbons (Fsp3) is 0.188. The van der Waals surface area contributed by atoms with Crippen molar-refractivity contribution in [2.45, 2.75) is 5.25 Å². The van der Waals surface area contributed by atoms with Crippen molar-refractivity contribution in [1.82, 2.24) is 19.3 Å². The van der Waals surface area contributed by atoms with Gasteiger partial charge in [-0.1, -0.05) is 17.7 Å². The van der Waals surface area contributed by atoms with Gasteiger partial charge in [-0.15, -0.1) is 11.8 Å². The summed E-state index contributed by atoms with van der Waals surface area (Å²) < 4.78 is 3.73. The standard InChI is InChI=1S/C16H14ClN5OS/c1-21-7-10(6-19-21)15-14-16(20-13(23)8-24-15)18-9-22(14)12-4-2-3-11(17)5-12/h2-7,9,15H,8H2,1H3,(H,20,23). The lowest BCUT2D eigenvalue weighted by Gasteiger charge is -2.16. The van der Waals surface area contributed by atoms with Gasteiger partial charge in [-0.2, -0.15) is 5.10 Å². The number of hydrogen-bond acceptors (Lipinski definition) is 4. The van der Waals surface area contributed by atoms with Crippen molar-refractivity contribution < 1.29 is 4.79 Å². The van der Waals surface area contributed by atoms with Crippen LogP contribution < -0.4 is 5.32 Å². The Balaban J connectivity index is 1.89. The number of aromatic nitrogens is 4. The topological polar surface area (TPSA) is 64.7 Å². The lowest BCUT2D eigenvalue weighted by atomic mass is 10.1. The molecular weight excluding hydrogens is 346 g/mol. The molecule has 3 aromatic rings. The minimum Gasteiger partial charge on any atom is -0.308 e. The van der Waals surface area contributed by atoms with E-state index in [-0.39, 0.29) is 11.2 Å². The molecule has 24 heavy (non-hydrogen) atoms. The zero-order chi connectivity index (χ0) is 16.7. The molecule has 1 aliphatic heterocycles. The molecule has 0 spiro atoms.